The average Bonchev–Trinajstić information content (AvgIpc) is 2.66. The second kappa shape index (κ2) is 4.74. The fourth-order valence-corrected chi connectivity index (χ4v) is 2.19. The van der Waals surface area contributed by atoms with Gasteiger partial charge in [-0.25, -0.2) is 4.98 Å². The van der Waals surface area contributed by atoms with Gasteiger partial charge in [-0.05, 0) is 12.1 Å². The molecule has 0 atom stereocenters. The van der Waals surface area contributed by atoms with Gasteiger partial charge in [0.2, 0.25) is 0 Å². The summed E-state index contributed by atoms with van der Waals surface area (Å²) >= 11 is 1.21. The first-order valence-corrected chi connectivity index (χ1v) is 5.63. The molecule has 1 N–H and O–H groups in total. The van der Waals surface area contributed by atoms with Crippen LogP contribution in [0.2, 0.25) is 0 Å². The Morgan fingerprint density at radius 2 is 2.22 bits per heavy atom. The van der Waals surface area contributed by atoms with Crippen LogP contribution in [0.15, 0.2) is 18.2 Å². The quantitative estimate of drug-likeness (QED) is 0.871. The minimum absolute atomic E-state index is 0.262. The van der Waals surface area contributed by atoms with Gasteiger partial charge < -0.3 is 10.1 Å². The van der Waals surface area contributed by atoms with Crippen LogP contribution in [-0.4, -0.2) is 17.9 Å². The van der Waals surface area contributed by atoms with Crippen LogP contribution in [0.3, 0.4) is 0 Å². The van der Waals surface area contributed by atoms with Crippen molar-refractivity contribution < 1.29 is 17.9 Å². The molecule has 1 aromatic carbocycles. The van der Waals surface area contributed by atoms with Crippen LogP contribution in [0.25, 0.3) is 10.2 Å². The first kappa shape index (κ1) is 12.5. The van der Waals surface area contributed by atoms with E-state index in [-0.39, 0.29) is 5.75 Å². The zero-order valence-corrected chi connectivity index (χ0v) is 9.73. The van der Waals surface area contributed by atoms with Gasteiger partial charge in [-0.3, -0.25) is 0 Å². The van der Waals surface area contributed by atoms with Crippen LogP contribution in [0.1, 0.15) is 0 Å². The number of halogens is 3. The average molecular weight is 272 g/mol. The Morgan fingerprint density at radius 1 is 1.44 bits per heavy atom. The third-order valence-electron chi connectivity index (χ3n) is 1.94. The Balaban J connectivity index is 2.26. The molecular weight excluding hydrogens is 265 g/mol. The lowest BCUT2D eigenvalue weighted by Crippen LogP contribution is -2.16. The van der Waals surface area contributed by atoms with Crippen molar-refractivity contribution in [2.45, 2.75) is 6.36 Å². The van der Waals surface area contributed by atoms with Crippen LogP contribution in [0.4, 0.5) is 18.3 Å². The molecule has 18 heavy (non-hydrogen) atoms. The van der Waals surface area contributed by atoms with E-state index < -0.39 is 6.36 Å². The van der Waals surface area contributed by atoms with E-state index in [2.05, 4.69) is 21.0 Å². The maximum absolute atomic E-state index is 12.0. The first-order valence-electron chi connectivity index (χ1n) is 4.81. The summed E-state index contributed by atoms with van der Waals surface area (Å²) in [7, 11) is 0. The van der Waals surface area contributed by atoms with E-state index in [0.717, 1.165) is 0 Å². The Bertz CT molecular complexity index is 600. The Hall–Kier alpha value is -1.94. The predicted octanol–water partition coefficient (Wildman–Crippen LogP) is 3.24. The van der Waals surface area contributed by atoms with Crippen LogP contribution in [-0.2, 0) is 0 Å². The number of rotatable bonds is 3. The lowest BCUT2D eigenvalue weighted by Gasteiger charge is -2.07. The number of benzene rings is 1. The van der Waals surface area contributed by atoms with Gasteiger partial charge in [0.15, 0.2) is 5.13 Å². The minimum atomic E-state index is -4.69. The lowest BCUT2D eigenvalue weighted by molar-refractivity contribution is -0.274. The highest BCUT2D eigenvalue weighted by Gasteiger charge is 2.31. The summed E-state index contributed by atoms with van der Waals surface area (Å²) < 4.78 is 40.6. The van der Waals surface area contributed by atoms with Crippen molar-refractivity contribution in [3.8, 4) is 18.1 Å². The highest BCUT2D eigenvalue weighted by molar-refractivity contribution is 7.22. The predicted molar refractivity (Wildman–Crippen MR) is 63.6 cm³/mol. The van der Waals surface area contributed by atoms with Crippen molar-refractivity contribution in [2.24, 2.45) is 0 Å². The normalized spacial score (nSPS) is 11.2. The molecule has 0 unspecified atom stereocenters. The first-order chi connectivity index (χ1) is 8.48. The van der Waals surface area contributed by atoms with Crippen LogP contribution in [0, 0.1) is 12.3 Å². The van der Waals surface area contributed by atoms with E-state index in [0.29, 0.717) is 21.9 Å². The van der Waals surface area contributed by atoms with Crippen LogP contribution < -0.4 is 10.1 Å². The second-order valence-electron chi connectivity index (χ2n) is 3.25. The zero-order valence-electron chi connectivity index (χ0n) is 8.91. The molecule has 0 aliphatic carbocycles. The summed E-state index contributed by atoms with van der Waals surface area (Å²) in [5, 5.41) is 3.42. The molecule has 0 saturated heterocycles. The molecule has 7 heteroatoms. The fourth-order valence-electron chi connectivity index (χ4n) is 1.30. The summed E-state index contributed by atoms with van der Waals surface area (Å²) in [6.07, 6.45) is 0.392. The molecule has 0 radical (unpaired) electrons. The van der Waals surface area contributed by atoms with Crippen molar-refractivity contribution in [1.82, 2.24) is 4.98 Å². The van der Waals surface area contributed by atoms with Crippen LogP contribution >= 0.6 is 11.3 Å². The lowest BCUT2D eigenvalue weighted by atomic mass is 10.3. The number of fused-ring (bicyclic) bond motifs is 1. The van der Waals surface area contributed by atoms with Gasteiger partial charge >= 0.3 is 6.36 Å². The molecule has 1 aromatic heterocycles. The number of hydrogen-bond donors (Lipinski definition) is 1. The van der Waals surface area contributed by atoms with E-state index in [4.69, 9.17) is 6.42 Å². The monoisotopic (exact) mass is 272 g/mol. The minimum Gasteiger partial charge on any atom is -0.406 e. The highest BCUT2D eigenvalue weighted by Crippen LogP contribution is 2.31. The van der Waals surface area contributed by atoms with Crippen molar-refractivity contribution in [2.75, 3.05) is 11.9 Å². The second-order valence-corrected chi connectivity index (χ2v) is 4.28. The molecule has 2 aromatic rings. The molecule has 0 amide bonds. The molecule has 2 rings (SSSR count). The van der Waals surface area contributed by atoms with Crippen LogP contribution in [0.5, 0.6) is 5.75 Å². The number of nitrogens with zero attached hydrogens (tertiary/aromatic N) is 1. The summed E-state index contributed by atoms with van der Waals surface area (Å²) in [5.74, 6) is 2.12. The number of thiazole rings is 1. The maximum Gasteiger partial charge on any atom is 0.573 e. The molecule has 94 valence electrons. The van der Waals surface area contributed by atoms with E-state index in [1.54, 1.807) is 0 Å². The number of alkyl halides is 3. The molecule has 1 heterocycles. The third-order valence-corrected chi connectivity index (χ3v) is 2.91. The summed E-state index contributed by atoms with van der Waals surface area (Å²) in [4.78, 5) is 4.16. The molecule has 0 aliphatic rings. The SMILES string of the molecule is C#CCNc1nc2ccc(OC(F)(F)F)cc2s1. The van der Waals surface area contributed by atoms with Gasteiger partial charge in [-0.1, -0.05) is 17.3 Å². The van der Waals surface area contributed by atoms with Gasteiger partial charge in [-0.15, -0.1) is 19.6 Å². The molecule has 0 saturated carbocycles. The van der Waals surface area contributed by atoms with E-state index in [1.165, 1.54) is 29.5 Å². The van der Waals surface area contributed by atoms with Crippen molar-refractivity contribution in [1.29, 1.82) is 0 Å². The van der Waals surface area contributed by atoms with E-state index in [1.807, 2.05) is 0 Å². The van der Waals surface area contributed by atoms with Gasteiger partial charge in [0.25, 0.3) is 0 Å². The number of ether oxygens (including phenoxy) is 1. The highest BCUT2D eigenvalue weighted by atomic mass is 32.1. The summed E-state index contributed by atoms with van der Waals surface area (Å²) in [5.41, 5.74) is 0.592. The van der Waals surface area contributed by atoms with Gasteiger partial charge in [0, 0.05) is 6.07 Å². The fraction of sp³-hybridized carbons (Fsp3) is 0.182. The number of nitrogens with one attached hydrogen (secondary N) is 1. The van der Waals surface area contributed by atoms with Crippen molar-refractivity contribution in [3.05, 3.63) is 18.2 Å². The van der Waals surface area contributed by atoms with E-state index >= 15 is 0 Å². The number of hydrogen-bond acceptors (Lipinski definition) is 4. The maximum atomic E-state index is 12.0. The topological polar surface area (TPSA) is 34.2 Å². The van der Waals surface area contributed by atoms with Gasteiger partial charge in [0.05, 0.1) is 16.8 Å². The van der Waals surface area contributed by atoms with Crippen molar-refractivity contribution >= 4 is 26.7 Å². The molecule has 0 spiro atoms. The number of anilines is 1. The third kappa shape index (κ3) is 3.05. The Kier molecular flexibility index (Phi) is 3.30. The largest absolute Gasteiger partial charge is 0.573 e. The summed E-state index contributed by atoms with van der Waals surface area (Å²) in [6, 6.07) is 3.98. The van der Waals surface area contributed by atoms with E-state index in [9.17, 15) is 13.2 Å². The Morgan fingerprint density at radius 3 is 2.89 bits per heavy atom. The number of terminal acetylenes is 1. The number of aromatic nitrogens is 1. The molecule has 0 bridgehead atoms. The summed E-state index contributed by atoms with van der Waals surface area (Å²) in [6.45, 7) is 0.311. The van der Waals surface area contributed by atoms with Crippen molar-refractivity contribution in [3.63, 3.8) is 0 Å². The standard InChI is InChI=1S/C11H7F3N2OS/c1-2-5-15-10-16-8-4-3-7(6-9(8)18-10)17-11(12,13)14/h1,3-4,6H,5H2,(H,15,16). The van der Waals surface area contributed by atoms with Gasteiger partial charge in [-0.2, -0.15) is 0 Å². The molecular formula is C11H7F3N2OS. The molecule has 3 nitrogen and oxygen atoms in total. The zero-order chi connectivity index (χ0) is 13.2. The molecule has 0 aliphatic heterocycles. The molecule has 0 fully saturated rings. The Labute approximate surface area is 105 Å². The van der Waals surface area contributed by atoms with Gasteiger partial charge in [0.1, 0.15) is 5.75 Å². The smallest absolute Gasteiger partial charge is 0.406 e.